The van der Waals surface area contributed by atoms with Crippen LogP contribution in [-0.2, 0) is 0 Å². The van der Waals surface area contributed by atoms with Gasteiger partial charge >= 0.3 is 0 Å². The molecule has 0 saturated carbocycles. The van der Waals surface area contributed by atoms with Crippen LogP contribution in [0.1, 0.15) is 5.82 Å². The zero-order valence-electron chi connectivity index (χ0n) is 6.36. The fourth-order valence-electron chi connectivity index (χ4n) is 0.979. The lowest BCUT2D eigenvalue weighted by atomic mass is 10.5. The van der Waals surface area contributed by atoms with E-state index in [0.717, 1.165) is 15.9 Å². The van der Waals surface area contributed by atoms with E-state index in [9.17, 15) is 0 Å². The molecule has 64 valence electrons. The Kier molecular flexibility index (Phi) is 2.69. The van der Waals surface area contributed by atoms with Crippen molar-refractivity contribution in [3.8, 4) is 0 Å². The van der Waals surface area contributed by atoms with Gasteiger partial charge in [0.25, 0.3) is 0 Å². The van der Waals surface area contributed by atoms with Gasteiger partial charge in [-0.05, 0) is 35.0 Å². The molecule has 0 unspecified atom stereocenters. The van der Waals surface area contributed by atoms with Crippen LogP contribution in [0.2, 0.25) is 0 Å². The maximum absolute atomic E-state index is 3.95. The van der Waals surface area contributed by atoms with E-state index in [-0.39, 0.29) is 12.4 Å². The molecule has 3 nitrogen and oxygen atoms in total. The largest absolute Gasteiger partial charge is 0.286 e. The van der Waals surface area contributed by atoms with Gasteiger partial charge in [0.2, 0.25) is 0 Å². The van der Waals surface area contributed by atoms with Gasteiger partial charge in [0.05, 0.1) is 0 Å². The summed E-state index contributed by atoms with van der Waals surface area (Å²) in [4.78, 5) is 0. The third-order valence-corrected chi connectivity index (χ3v) is 2.01. The molecule has 0 radical (unpaired) electrons. The molecule has 2 rings (SSSR count). The molecule has 2 aromatic rings. The Morgan fingerprint density at radius 2 is 2.08 bits per heavy atom. The van der Waals surface area contributed by atoms with Crippen molar-refractivity contribution in [2.75, 3.05) is 0 Å². The Hall–Kier alpha value is -0.610. The average molecular weight is 249 g/mol. The highest BCUT2D eigenvalue weighted by Crippen LogP contribution is 2.11. The Morgan fingerprint density at radius 1 is 1.33 bits per heavy atom. The molecule has 2 heterocycles. The van der Waals surface area contributed by atoms with Gasteiger partial charge in [-0.1, -0.05) is 0 Å². The fourth-order valence-corrected chi connectivity index (χ4v) is 1.32. The Morgan fingerprint density at radius 3 is 2.83 bits per heavy atom. The maximum Gasteiger partial charge on any atom is 0.160 e. The summed E-state index contributed by atoms with van der Waals surface area (Å²) >= 11 is 3.37. The predicted octanol–water partition coefficient (Wildman–Crippen LogP) is 2.22. The number of pyridine rings is 1. The quantitative estimate of drug-likeness (QED) is 0.716. The molecule has 12 heavy (non-hydrogen) atoms. The number of hydrogen-bond acceptors (Lipinski definition) is 2. The van der Waals surface area contributed by atoms with Crippen molar-refractivity contribution in [3.05, 3.63) is 28.6 Å². The van der Waals surface area contributed by atoms with Crippen LogP contribution in [0.4, 0.5) is 0 Å². The first kappa shape index (κ1) is 9.48. The van der Waals surface area contributed by atoms with Crippen LogP contribution < -0.4 is 0 Å². The molecular weight excluding hydrogens is 241 g/mol. The van der Waals surface area contributed by atoms with Crippen molar-refractivity contribution in [1.29, 1.82) is 0 Å². The smallest absolute Gasteiger partial charge is 0.160 e. The highest BCUT2D eigenvalue weighted by Gasteiger charge is 1.98. The minimum absolute atomic E-state index is 0. The summed E-state index contributed by atoms with van der Waals surface area (Å²) in [6.07, 6.45) is 1.95. The lowest BCUT2D eigenvalue weighted by Gasteiger charge is -1.93. The van der Waals surface area contributed by atoms with Crippen LogP contribution in [0.5, 0.6) is 0 Å². The molecule has 0 aliphatic carbocycles. The highest BCUT2D eigenvalue weighted by atomic mass is 79.9. The van der Waals surface area contributed by atoms with Crippen molar-refractivity contribution < 1.29 is 0 Å². The van der Waals surface area contributed by atoms with E-state index in [1.165, 1.54) is 0 Å². The van der Waals surface area contributed by atoms with Crippen LogP contribution in [0.3, 0.4) is 0 Å². The molecule has 0 aliphatic heterocycles. The van der Waals surface area contributed by atoms with Crippen LogP contribution in [-0.4, -0.2) is 14.6 Å². The van der Waals surface area contributed by atoms with Gasteiger partial charge in [-0.25, -0.2) is 0 Å². The first-order chi connectivity index (χ1) is 5.27. The van der Waals surface area contributed by atoms with Crippen molar-refractivity contribution in [2.24, 2.45) is 0 Å². The van der Waals surface area contributed by atoms with Gasteiger partial charge in [-0.15, -0.1) is 22.6 Å². The molecule has 0 N–H and O–H groups in total. The summed E-state index contributed by atoms with van der Waals surface area (Å²) in [5.74, 6) is 0.904. The standard InChI is InChI=1S/C7H6BrN3.ClH/c1-5-9-10-7-3-2-6(8)4-11(5)7;/h2-4H,1H3;1H. The second-order valence-corrected chi connectivity index (χ2v) is 3.24. The van der Waals surface area contributed by atoms with E-state index in [2.05, 4.69) is 26.1 Å². The van der Waals surface area contributed by atoms with Gasteiger partial charge in [0.15, 0.2) is 5.65 Å². The molecule has 2 aromatic heterocycles. The van der Waals surface area contributed by atoms with E-state index >= 15 is 0 Å². The number of aryl methyl sites for hydroxylation is 1. The Balaban J connectivity index is 0.000000720. The number of rotatable bonds is 0. The van der Waals surface area contributed by atoms with Crippen molar-refractivity contribution in [3.63, 3.8) is 0 Å². The third-order valence-electron chi connectivity index (χ3n) is 1.54. The summed E-state index contributed by atoms with van der Waals surface area (Å²) < 4.78 is 2.97. The molecule has 0 fully saturated rings. The summed E-state index contributed by atoms with van der Waals surface area (Å²) in [5, 5.41) is 7.88. The Bertz CT molecular complexity index is 398. The molecular formula is C7H7BrClN3. The van der Waals surface area contributed by atoms with E-state index in [0.29, 0.717) is 0 Å². The second kappa shape index (κ2) is 3.41. The zero-order chi connectivity index (χ0) is 7.84. The lowest BCUT2D eigenvalue weighted by Crippen LogP contribution is -1.86. The van der Waals surface area contributed by atoms with Gasteiger partial charge in [-0.3, -0.25) is 4.40 Å². The second-order valence-electron chi connectivity index (χ2n) is 2.32. The number of fused-ring (bicyclic) bond motifs is 1. The fraction of sp³-hybridized carbons (Fsp3) is 0.143. The summed E-state index contributed by atoms with van der Waals surface area (Å²) in [6, 6.07) is 3.87. The van der Waals surface area contributed by atoms with Crippen LogP contribution in [0.15, 0.2) is 22.8 Å². The van der Waals surface area contributed by atoms with Gasteiger partial charge in [0, 0.05) is 10.7 Å². The van der Waals surface area contributed by atoms with Gasteiger partial charge < -0.3 is 0 Å². The average Bonchev–Trinajstić information content (AvgIpc) is 2.33. The first-order valence-electron chi connectivity index (χ1n) is 3.24. The van der Waals surface area contributed by atoms with Crippen LogP contribution in [0.25, 0.3) is 5.65 Å². The first-order valence-corrected chi connectivity index (χ1v) is 4.03. The molecule has 0 atom stereocenters. The number of halogens is 2. The van der Waals surface area contributed by atoms with Crippen LogP contribution in [0, 0.1) is 6.92 Å². The minimum Gasteiger partial charge on any atom is -0.286 e. The maximum atomic E-state index is 3.95. The molecule has 0 aromatic carbocycles. The molecule has 0 aliphatic rings. The SMILES string of the molecule is Cc1nnc2ccc(Br)cn12.Cl. The monoisotopic (exact) mass is 247 g/mol. The van der Waals surface area contributed by atoms with Crippen molar-refractivity contribution >= 4 is 34.0 Å². The molecule has 0 bridgehead atoms. The molecule has 5 heteroatoms. The topological polar surface area (TPSA) is 30.2 Å². The molecule has 0 amide bonds. The number of nitrogens with zero attached hydrogens (tertiary/aromatic N) is 3. The van der Waals surface area contributed by atoms with E-state index in [1.807, 2.05) is 29.7 Å². The van der Waals surface area contributed by atoms with Gasteiger partial charge in [-0.2, -0.15) is 0 Å². The third kappa shape index (κ3) is 1.44. The predicted molar refractivity (Wildman–Crippen MR) is 52.7 cm³/mol. The highest BCUT2D eigenvalue weighted by molar-refractivity contribution is 9.10. The summed E-state index contributed by atoms with van der Waals surface area (Å²) in [5.41, 5.74) is 0.880. The number of aromatic nitrogens is 3. The van der Waals surface area contributed by atoms with Gasteiger partial charge in [0.1, 0.15) is 5.82 Å². The van der Waals surface area contributed by atoms with E-state index < -0.39 is 0 Å². The van der Waals surface area contributed by atoms with E-state index in [4.69, 9.17) is 0 Å². The number of hydrogen-bond donors (Lipinski definition) is 0. The van der Waals surface area contributed by atoms with Crippen molar-refractivity contribution in [1.82, 2.24) is 14.6 Å². The summed E-state index contributed by atoms with van der Waals surface area (Å²) in [6.45, 7) is 1.92. The minimum atomic E-state index is 0. The molecule has 0 spiro atoms. The molecule has 0 saturated heterocycles. The summed E-state index contributed by atoms with van der Waals surface area (Å²) in [7, 11) is 0. The van der Waals surface area contributed by atoms with Crippen molar-refractivity contribution in [2.45, 2.75) is 6.92 Å². The van der Waals surface area contributed by atoms with Crippen LogP contribution >= 0.6 is 28.3 Å². The zero-order valence-corrected chi connectivity index (χ0v) is 8.76. The normalized spacial score (nSPS) is 9.83. The Labute approximate surface area is 84.3 Å². The van der Waals surface area contributed by atoms with E-state index in [1.54, 1.807) is 0 Å². The lowest BCUT2D eigenvalue weighted by molar-refractivity contribution is 1.00.